The van der Waals surface area contributed by atoms with Crippen molar-refractivity contribution < 1.29 is 17.7 Å². The summed E-state index contributed by atoms with van der Waals surface area (Å²) in [4.78, 5) is 0. The Kier molecular flexibility index (Phi) is 11.3. The molecule has 0 aliphatic heterocycles. The van der Waals surface area contributed by atoms with Gasteiger partial charge in [-0.2, -0.15) is 47.5 Å². The first-order valence-electron chi connectivity index (χ1n) is 8.28. The van der Waals surface area contributed by atoms with Crippen LogP contribution in [0.25, 0.3) is 0 Å². The summed E-state index contributed by atoms with van der Waals surface area (Å²) in [6.07, 6.45) is 0. The van der Waals surface area contributed by atoms with Crippen molar-refractivity contribution in [2.24, 2.45) is 0 Å². The number of rotatable bonds is 0. The first kappa shape index (κ1) is 24.4. The van der Waals surface area contributed by atoms with Gasteiger partial charge in [0.25, 0.3) is 0 Å². The fraction of sp³-hybridized carbons (Fsp3) is 0.500. The van der Waals surface area contributed by atoms with E-state index < -0.39 is 17.7 Å². The second kappa shape index (κ2) is 11.2. The molecule has 136 valence electrons. The van der Waals surface area contributed by atoms with Crippen molar-refractivity contribution in [2.45, 2.75) is 65.5 Å². The topological polar surface area (TPSA) is 0 Å². The van der Waals surface area contributed by atoms with Gasteiger partial charge in [0.05, 0.1) is 0 Å². The van der Waals surface area contributed by atoms with Crippen LogP contribution in [0.5, 0.6) is 0 Å². The van der Waals surface area contributed by atoms with Gasteiger partial charge in [0.15, 0.2) is 0 Å². The van der Waals surface area contributed by atoms with Crippen molar-refractivity contribution >= 4 is 22.6 Å². The molecule has 0 fully saturated rings. The molecule has 0 bridgehead atoms. The molecule has 0 aromatic heterocycles. The van der Waals surface area contributed by atoms with E-state index in [9.17, 15) is 0 Å². The molecule has 0 spiro atoms. The van der Waals surface area contributed by atoms with E-state index in [1.165, 1.54) is 11.1 Å². The summed E-state index contributed by atoms with van der Waals surface area (Å²) in [5.74, 6) is 0. The molecule has 0 aliphatic rings. The van der Waals surface area contributed by atoms with Gasteiger partial charge in [0.1, 0.15) is 0 Å². The van der Waals surface area contributed by atoms with Crippen LogP contribution in [-0.2, 0) is 28.5 Å². The third-order valence-corrected chi connectivity index (χ3v) is 30.9. The van der Waals surface area contributed by atoms with Gasteiger partial charge in [-0.15, -0.1) is 0 Å². The van der Waals surface area contributed by atoms with E-state index in [-0.39, 0.29) is 5.49 Å². The summed E-state index contributed by atoms with van der Waals surface area (Å²) in [5.41, 5.74) is 3.28. The van der Waals surface area contributed by atoms with E-state index in [1.54, 1.807) is 0 Å². The molecule has 0 N–H and O–H groups in total. The fourth-order valence-electron chi connectivity index (χ4n) is 1.75. The Morgan fingerprint density at radius 2 is 1.08 bits per heavy atom. The molecular formula is C20H32Cl2HfSi-2. The molecule has 0 unspecified atom stereocenters. The van der Waals surface area contributed by atoms with E-state index >= 15 is 0 Å². The van der Waals surface area contributed by atoms with Gasteiger partial charge in [-0.3, -0.25) is 0 Å². The molecular weight excluding hydrogens is 518 g/mol. The molecule has 0 radical (unpaired) electrons. The predicted octanol–water partition coefficient (Wildman–Crippen LogP) is 7.57. The monoisotopic (exact) mass is 550 g/mol. The summed E-state index contributed by atoms with van der Waals surface area (Å²) in [6, 6.07) is 17.0. The van der Waals surface area contributed by atoms with Crippen LogP contribution in [0.15, 0.2) is 48.5 Å². The quantitative estimate of drug-likeness (QED) is 0.235. The zero-order valence-electron chi connectivity index (χ0n) is 16.4. The van der Waals surface area contributed by atoms with Crippen molar-refractivity contribution in [1.29, 1.82) is 0 Å². The number of halogens is 2. The van der Waals surface area contributed by atoms with E-state index in [4.69, 9.17) is 17.2 Å². The van der Waals surface area contributed by atoms with Gasteiger partial charge in [0, 0.05) is 0 Å². The third kappa shape index (κ3) is 11.1. The summed E-state index contributed by atoms with van der Waals surface area (Å²) in [5, 5.41) is 0. The summed E-state index contributed by atoms with van der Waals surface area (Å²) >= 11 is -1.78. The first-order chi connectivity index (χ1) is 10.9. The Morgan fingerprint density at radius 3 is 1.17 bits per heavy atom. The fourth-order valence-corrected chi connectivity index (χ4v) is 1.75. The standard InChI is InChI=1S/2C9H13.C2H6Si.2ClH.Hf/c2*1-9(2,3)8-6-4-5-7-8;1-3-2;;;/h2*4-7H,1-3H3;1-2H3;2*1H;/q2*-1;;;;+2/p-2. The Morgan fingerprint density at radius 1 is 0.792 bits per heavy atom. The van der Waals surface area contributed by atoms with Crippen molar-refractivity contribution in [3.05, 3.63) is 59.7 Å². The Balaban J connectivity index is 0.000000340. The molecule has 0 heterocycles. The van der Waals surface area contributed by atoms with Gasteiger partial charge in [0.2, 0.25) is 0 Å². The van der Waals surface area contributed by atoms with Crippen molar-refractivity contribution in [1.82, 2.24) is 0 Å². The first-order valence-corrected chi connectivity index (χ1v) is 25.1. The average molecular weight is 550 g/mol. The maximum absolute atomic E-state index is 5.64. The van der Waals surface area contributed by atoms with E-state index in [2.05, 4.69) is 103 Å². The molecule has 0 atom stereocenters. The number of hydrogen-bond acceptors (Lipinski definition) is 0. The Hall–Kier alpha value is 0.367. The van der Waals surface area contributed by atoms with Crippen molar-refractivity contribution in [2.75, 3.05) is 0 Å². The second-order valence-electron chi connectivity index (χ2n) is 8.11. The van der Waals surface area contributed by atoms with Gasteiger partial charge in [-0.05, 0) is 0 Å². The van der Waals surface area contributed by atoms with Crippen LogP contribution >= 0.6 is 17.2 Å². The average Bonchev–Trinajstić information content (AvgIpc) is 3.12. The van der Waals surface area contributed by atoms with Crippen LogP contribution in [-0.4, -0.2) is 5.49 Å². The Labute approximate surface area is 164 Å². The zero-order valence-corrected chi connectivity index (χ0v) is 22.5. The van der Waals surface area contributed by atoms with Crippen LogP contribution in [0.3, 0.4) is 0 Å². The molecule has 0 saturated carbocycles. The Bertz CT molecular complexity index is 520. The number of hydrogen-bond donors (Lipinski definition) is 0. The molecule has 0 nitrogen and oxygen atoms in total. The minimum absolute atomic E-state index is 0.208. The van der Waals surface area contributed by atoms with Gasteiger partial charge >= 0.3 is 53.4 Å². The summed E-state index contributed by atoms with van der Waals surface area (Å²) in [6.45, 7) is 17.7. The normalized spacial score (nSPS) is 10.9. The SMILES string of the molecule is CC(C)(C)c1cc[cH-]c1.CC(C)(C)c1cc[cH-]c1.C[Si](C)=[Hf]([Cl])[Cl]. The molecule has 4 heteroatoms. The molecule has 2 rings (SSSR count). The maximum atomic E-state index is 5.64. The van der Waals surface area contributed by atoms with Crippen LogP contribution < -0.4 is 0 Å². The van der Waals surface area contributed by atoms with Crippen molar-refractivity contribution in [3.63, 3.8) is 0 Å². The van der Waals surface area contributed by atoms with E-state index in [0.29, 0.717) is 10.8 Å². The van der Waals surface area contributed by atoms with Crippen molar-refractivity contribution in [3.8, 4) is 0 Å². The molecule has 0 saturated heterocycles. The zero-order chi connectivity index (χ0) is 19.0. The molecule has 0 amide bonds. The summed E-state index contributed by atoms with van der Waals surface area (Å²) < 4.78 is 0. The molecule has 24 heavy (non-hydrogen) atoms. The second-order valence-corrected chi connectivity index (χ2v) is 39.8. The predicted molar refractivity (Wildman–Crippen MR) is 111 cm³/mol. The molecule has 0 aliphatic carbocycles. The minimum atomic E-state index is -1.78. The summed E-state index contributed by atoms with van der Waals surface area (Å²) in [7, 11) is 11.3. The molecule has 2 aromatic carbocycles. The van der Waals surface area contributed by atoms with Crippen LogP contribution in [0.2, 0.25) is 13.1 Å². The third-order valence-electron chi connectivity index (χ3n) is 3.44. The van der Waals surface area contributed by atoms with E-state index in [0.717, 1.165) is 0 Å². The molecule has 2 aromatic rings. The van der Waals surface area contributed by atoms with Gasteiger partial charge in [-0.25, -0.2) is 12.1 Å². The van der Waals surface area contributed by atoms with Crippen LogP contribution in [0.4, 0.5) is 0 Å². The van der Waals surface area contributed by atoms with E-state index in [1.807, 2.05) is 0 Å². The van der Waals surface area contributed by atoms with Gasteiger partial charge < -0.3 is 0 Å². The van der Waals surface area contributed by atoms with Gasteiger partial charge in [-0.1, -0.05) is 52.4 Å². The van der Waals surface area contributed by atoms with Crippen LogP contribution in [0.1, 0.15) is 52.7 Å². The van der Waals surface area contributed by atoms with Crippen LogP contribution in [0, 0.1) is 0 Å².